The van der Waals surface area contributed by atoms with Crippen molar-refractivity contribution in [3.8, 4) is 0 Å². The summed E-state index contributed by atoms with van der Waals surface area (Å²) in [5.74, 6) is -0.561. The first-order valence-electron chi connectivity index (χ1n) is 10.3. The largest absolute Gasteiger partial charge is 0.467 e. The molecule has 31 heavy (non-hydrogen) atoms. The molecule has 0 unspecified atom stereocenters. The molecule has 2 aromatic carbocycles. The molecule has 0 aromatic heterocycles. The lowest BCUT2D eigenvalue weighted by atomic mass is 9.90. The minimum atomic E-state index is -0.630. The monoisotopic (exact) mass is 463 g/mol. The number of amides is 1. The molecule has 0 aliphatic carbocycles. The van der Waals surface area contributed by atoms with Gasteiger partial charge in [0.1, 0.15) is 6.04 Å². The maximum absolute atomic E-state index is 12.8. The third-order valence-electron chi connectivity index (χ3n) is 5.49. The van der Waals surface area contributed by atoms with Crippen LogP contribution in [-0.4, -0.2) is 31.6 Å². The second-order valence-corrected chi connectivity index (χ2v) is 8.47. The van der Waals surface area contributed by atoms with Gasteiger partial charge in [-0.05, 0) is 55.6 Å². The summed E-state index contributed by atoms with van der Waals surface area (Å²) in [7, 11) is 1.34. The minimum absolute atomic E-state index is 0.150. The van der Waals surface area contributed by atoms with E-state index in [1.54, 1.807) is 17.0 Å². The molecule has 0 radical (unpaired) electrons. The Bertz CT molecular complexity index is 950. The number of methoxy groups -OCH3 is 1. The van der Waals surface area contributed by atoms with Crippen LogP contribution < -0.4 is 16.0 Å². The van der Waals surface area contributed by atoms with Gasteiger partial charge in [0.2, 0.25) is 5.91 Å². The van der Waals surface area contributed by atoms with E-state index in [0.29, 0.717) is 28.7 Å². The number of ether oxygens (including phenoxy) is 1. The number of nitrogens with two attached hydrogens (primary N) is 1. The maximum atomic E-state index is 12.8. The highest BCUT2D eigenvalue weighted by Gasteiger charge is 2.38. The minimum Gasteiger partial charge on any atom is -0.467 e. The number of nitrogens with zero attached hydrogens (tertiary/aromatic N) is 1. The van der Waals surface area contributed by atoms with Crippen LogP contribution in [0, 0.1) is 0 Å². The number of benzene rings is 2. The van der Waals surface area contributed by atoms with Crippen LogP contribution in [0.2, 0.25) is 10.0 Å². The number of rotatable bonds is 7. The van der Waals surface area contributed by atoms with Crippen molar-refractivity contribution in [1.82, 2.24) is 0 Å². The number of fused-ring (bicyclic) bond motifs is 1. The van der Waals surface area contributed by atoms with Gasteiger partial charge < -0.3 is 20.7 Å². The first-order valence-corrected chi connectivity index (χ1v) is 11.0. The smallest absolute Gasteiger partial charge is 0.328 e. The van der Waals surface area contributed by atoms with Crippen LogP contribution in [0.3, 0.4) is 0 Å². The standard InChI is InChI=1S/C23H27Cl2N3O3/c1-14(29)28(17-8-6-15(7-9-17)5-3-4-10-26)21-13-20(23(30)31-2)27-19-12-16(24)11-18(25)22(19)21/h6-9,11-12,20-21,27H,3-5,10,13,26H2,1-2H3/t20-,21+/m0/s1. The van der Waals surface area contributed by atoms with Gasteiger partial charge in [0.05, 0.1) is 13.2 Å². The SMILES string of the molecule is COC(=O)[C@@H]1C[C@@H](N(C(C)=O)c2ccc(CCCCN)cc2)c2c(Cl)cc(Cl)cc2N1. The molecule has 2 atom stereocenters. The van der Waals surface area contributed by atoms with Crippen LogP contribution in [-0.2, 0) is 20.7 Å². The summed E-state index contributed by atoms with van der Waals surface area (Å²) in [6.45, 7) is 2.19. The zero-order chi connectivity index (χ0) is 22.5. The van der Waals surface area contributed by atoms with Crippen LogP contribution in [0.4, 0.5) is 11.4 Å². The number of aryl methyl sites for hydroxylation is 1. The summed E-state index contributed by atoms with van der Waals surface area (Å²) in [5.41, 5.74) is 8.85. The number of halogens is 2. The summed E-state index contributed by atoms with van der Waals surface area (Å²) in [5, 5.41) is 4.03. The lowest BCUT2D eigenvalue weighted by Gasteiger charge is -2.39. The average molecular weight is 464 g/mol. The summed E-state index contributed by atoms with van der Waals surface area (Å²) < 4.78 is 4.94. The number of nitrogens with one attached hydrogen (secondary N) is 1. The zero-order valence-electron chi connectivity index (χ0n) is 17.7. The van der Waals surface area contributed by atoms with Gasteiger partial charge in [-0.1, -0.05) is 35.3 Å². The Balaban J connectivity index is 2.00. The molecule has 1 amide bonds. The molecule has 166 valence electrons. The molecule has 8 heteroatoms. The van der Waals surface area contributed by atoms with E-state index in [0.717, 1.165) is 30.5 Å². The lowest BCUT2D eigenvalue weighted by molar-refractivity contribution is -0.142. The summed E-state index contributed by atoms with van der Waals surface area (Å²) in [4.78, 5) is 26.8. The molecule has 1 aliphatic heterocycles. The molecule has 0 bridgehead atoms. The Kier molecular flexibility index (Phi) is 7.81. The molecular weight excluding hydrogens is 437 g/mol. The molecule has 6 nitrogen and oxygen atoms in total. The van der Waals surface area contributed by atoms with Crippen molar-refractivity contribution in [3.63, 3.8) is 0 Å². The Hall–Kier alpha value is -2.28. The quantitative estimate of drug-likeness (QED) is 0.457. The summed E-state index contributed by atoms with van der Waals surface area (Å²) in [6, 6.07) is 10.2. The van der Waals surface area contributed by atoms with Gasteiger partial charge in [0, 0.05) is 40.3 Å². The van der Waals surface area contributed by atoms with E-state index in [1.807, 2.05) is 24.3 Å². The zero-order valence-corrected chi connectivity index (χ0v) is 19.2. The second kappa shape index (κ2) is 10.4. The van der Waals surface area contributed by atoms with Gasteiger partial charge in [0.15, 0.2) is 0 Å². The number of carbonyl (C=O) groups is 2. The number of hydrogen-bond donors (Lipinski definition) is 2. The van der Waals surface area contributed by atoms with Gasteiger partial charge in [-0.2, -0.15) is 0 Å². The fraction of sp³-hybridized carbons (Fsp3) is 0.391. The number of unbranched alkanes of at least 4 members (excludes halogenated alkanes) is 1. The molecule has 0 fully saturated rings. The molecule has 0 saturated carbocycles. The molecule has 0 spiro atoms. The highest BCUT2D eigenvalue weighted by atomic mass is 35.5. The fourth-order valence-electron chi connectivity index (χ4n) is 4.04. The van der Waals surface area contributed by atoms with Crippen LogP contribution in [0.25, 0.3) is 0 Å². The molecular formula is C23H27Cl2N3O3. The predicted octanol–water partition coefficient (Wildman–Crippen LogP) is 4.73. The number of hydrogen-bond acceptors (Lipinski definition) is 5. The molecule has 1 aliphatic rings. The van der Waals surface area contributed by atoms with Crippen LogP contribution in [0.1, 0.15) is 43.4 Å². The Labute approximate surface area is 192 Å². The van der Waals surface area contributed by atoms with Gasteiger partial charge in [-0.3, -0.25) is 4.79 Å². The van der Waals surface area contributed by atoms with E-state index in [1.165, 1.54) is 19.6 Å². The maximum Gasteiger partial charge on any atom is 0.328 e. The first-order chi connectivity index (χ1) is 14.8. The predicted molar refractivity (Wildman–Crippen MR) is 125 cm³/mol. The molecule has 0 saturated heterocycles. The van der Waals surface area contributed by atoms with Gasteiger partial charge in [0.25, 0.3) is 0 Å². The van der Waals surface area contributed by atoms with Gasteiger partial charge in [-0.25, -0.2) is 4.79 Å². The average Bonchev–Trinajstić information content (AvgIpc) is 2.73. The molecule has 1 heterocycles. The van der Waals surface area contributed by atoms with Crippen molar-refractivity contribution in [3.05, 3.63) is 57.6 Å². The van der Waals surface area contributed by atoms with Crippen LogP contribution >= 0.6 is 23.2 Å². The van der Waals surface area contributed by atoms with Gasteiger partial charge >= 0.3 is 5.97 Å². The third kappa shape index (κ3) is 5.32. The van der Waals surface area contributed by atoms with Crippen molar-refractivity contribution in [2.75, 3.05) is 23.9 Å². The van der Waals surface area contributed by atoms with E-state index < -0.39 is 18.1 Å². The first kappa shape index (κ1) is 23.4. The van der Waals surface area contributed by atoms with E-state index in [9.17, 15) is 9.59 Å². The van der Waals surface area contributed by atoms with Crippen molar-refractivity contribution in [2.24, 2.45) is 5.73 Å². The van der Waals surface area contributed by atoms with E-state index in [4.69, 9.17) is 33.7 Å². The molecule has 3 rings (SSSR count). The van der Waals surface area contributed by atoms with E-state index >= 15 is 0 Å². The highest BCUT2D eigenvalue weighted by molar-refractivity contribution is 6.35. The second-order valence-electron chi connectivity index (χ2n) is 7.62. The van der Waals surface area contributed by atoms with Crippen molar-refractivity contribution in [1.29, 1.82) is 0 Å². The Morgan fingerprint density at radius 2 is 1.90 bits per heavy atom. The number of carbonyl (C=O) groups excluding carboxylic acids is 2. The van der Waals surface area contributed by atoms with E-state index in [2.05, 4.69) is 5.32 Å². The van der Waals surface area contributed by atoms with E-state index in [-0.39, 0.29) is 5.91 Å². The van der Waals surface area contributed by atoms with Crippen molar-refractivity contribution >= 4 is 46.5 Å². The summed E-state index contributed by atoms with van der Waals surface area (Å²) in [6.07, 6.45) is 3.25. The summed E-state index contributed by atoms with van der Waals surface area (Å²) >= 11 is 12.7. The van der Waals surface area contributed by atoms with Crippen molar-refractivity contribution < 1.29 is 14.3 Å². The van der Waals surface area contributed by atoms with Crippen LogP contribution in [0.15, 0.2) is 36.4 Å². The fourth-order valence-corrected chi connectivity index (χ4v) is 4.66. The van der Waals surface area contributed by atoms with Crippen molar-refractivity contribution in [2.45, 2.75) is 44.7 Å². The third-order valence-corrected chi connectivity index (χ3v) is 6.02. The molecule has 3 N–H and O–H groups in total. The highest BCUT2D eigenvalue weighted by Crippen LogP contribution is 2.44. The van der Waals surface area contributed by atoms with Crippen LogP contribution in [0.5, 0.6) is 0 Å². The Morgan fingerprint density at radius 1 is 1.19 bits per heavy atom. The Morgan fingerprint density at radius 3 is 2.52 bits per heavy atom. The number of esters is 1. The number of anilines is 2. The topological polar surface area (TPSA) is 84.7 Å². The normalized spacial score (nSPS) is 17.5. The lowest BCUT2D eigenvalue weighted by Crippen LogP contribution is -2.43. The van der Waals surface area contributed by atoms with Gasteiger partial charge in [-0.15, -0.1) is 0 Å². The molecule has 2 aromatic rings.